The second-order valence-corrected chi connectivity index (χ2v) is 5.82. The quantitative estimate of drug-likeness (QED) is 0.715. The molecule has 0 fully saturated rings. The molecule has 0 aliphatic carbocycles. The van der Waals surface area contributed by atoms with E-state index in [1.54, 1.807) is 0 Å². The van der Waals surface area contributed by atoms with Crippen molar-refractivity contribution >= 4 is 5.91 Å². The third-order valence-electron chi connectivity index (χ3n) is 4.20. The summed E-state index contributed by atoms with van der Waals surface area (Å²) in [4.78, 5) is 12.3. The van der Waals surface area contributed by atoms with Gasteiger partial charge in [-0.05, 0) is 36.3 Å². The number of carbonyl (C=O) groups is 1. The van der Waals surface area contributed by atoms with E-state index in [4.69, 9.17) is 5.11 Å². The third-order valence-corrected chi connectivity index (χ3v) is 4.20. The van der Waals surface area contributed by atoms with Gasteiger partial charge in [-0.3, -0.25) is 4.79 Å². The van der Waals surface area contributed by atoms with Crippen LogP contribution in [-0.2, 0) is 17.8 Å². The number of aliphatic hydroxyl groups excluding tert-OH is 1. The minimum Gasteiger partial charge on any atom is -0.396 e. The maximum Gasteiger partial charge on any atom is 0.237 e. The predicted octanol–water partition coefficient (Wildman–Crippen LogP) is 1.62. The van der Waals surface area contributed by atoms with Gasteiger partial charge in [-0.25, -0.2) is 0 Å². The number of hydrogen-bond donors (Lipinski definition) is 3. The standard InChI is InChI=1S/C17H26N2O2/c1-2-5-13(8-9-20)11-19-17(21)16-10-14-6-3-4-7-15(14)12-18-16/h3-4,6-7,13,16,18,20H,2,5,8-12H2,1H3,(H,19,21)/t13?,16-/m1/s1. The molecule has 1 heterocycles. The fourth-order valence-corrected chi connectivity index (χ4v) is 2.95. The molecule has 1 aliphatic rings. The first kappa shape index (κ1) is 16.0. The number of fused-ring (bicyclic) bond motifs is 1. The number of benzene rings is 1. The molecule has 0 spiro atoms. The topological polar surface area (TPSA) is 61.4 Å². The number of nitrogens with one attached hydrogen (secondary N) is 2. The smallest absolute Gasteiger partial charge is 0.237 e. The third kappa shape index (κ3) is 4.55. The molecule has 0 bridgehead atoms. The molecule has 1 aromatic rings. The van der Waals surface area contributed by atoms with Crippen LogP contribution < -0.4 is 10.6 Å². The van der Waals surface area contributed by atoms with Crippen LogP contribution >= 0.6 is 0 Å². The second kappa shape index (κ2) is 8.15. The molecule has 1 aliphatic heterocycles. The van der Waals surface area contributed by atoms with E-state index in [9.17, 15) is 4.79 Å². The van der Waals surface area contributed by atoms with Crippen molar-refractivity contribution in [2.75, 3.05) is 13.2 Å². The number of hydrogen-bond acceptors (Lipinski definition) is 3. The Balaban J connectivity index is 1.84. The Kier molecular flexibility index (Phi) is 6.21. The molecular weight excluding hydrogens is 264 g/mol. The van der Waals surface area contributed by atoms with Gasteiger partial charge in [-0.2, -0.15) is 0 Å². The van der Waals surface area contributed by atoms with Gasteiger partial charge in [0.05, 0.1) is 6.04 Å². The highest BCUT2D eigenvalue weighted by atomic mass is 16.3. The lowest BCUT2D eigenvalue weighted by molar-refractivity contribution is -0.123. The van der Waals surface area contributed by atoms with Crippen molar-refractivity contribution in [3.8, 4) is 0 Å². The highest BCUT2D eigenvalue weighted by Gasteiger charge is 2.24. The van der Waals surface area contributed by atoms with Crippen molar-refractivity contribution in [2.24, 2.45) is 5.92 Å². The van der Waals surface area contributed by atoms with Gasteiger partial charge >= 0.3 is 0 Å². The van der Waals surface area contributed by atoms with Crippen molar-refractivity contribution in [3.05, 3.63) is 35.4 Å². The summed E-state index contributed by atoms with van der Waals surface area (Å²) in [6.07, 6.45) is 3.63. The molecule has 116 valence electrons. The van der Waals surface area contributed by atoms with Gasteiger partial charge in [0.15, 0.2) is 0 Å². The van der Waals surface area contributed by atoms with Crippen LogP contribution in [0.5, 0.6) is 0 Å². The Hall–Kier alpha value is -1.39. The van der Waals surface area contributed by atoms with Crippen molar-refractivity contribution in [1.29, 1.82) is 0 Å². The van der Waals surface area contributed by atoms with E-state index in [1.165, 1.54) is 11.1 Å². The minimum atomic E-state index is -0.142. The Morgan fingerprint density at radius 3 is 2.86 bits per heavy atom. The van der Waals surface area contributed by atoms with E-state index in [0.717, 1.165) is 32.2 Å². The second-order valence-electron chi connectivity index (χ2n) is 5.82. The number of aliphatic hydroxyl groups is 1. The molecule has 0 saturated heterocycles. The Morgan fingerprint density at radius 2 is 2.14 bits per heavy atom. The largest absolute Gasteiger partial charge is 0.396 e. The summed E-state index contributed by atoms with van der Waals surface area (Å²) in [5.74, 6) is 0.448. The SMILES string of the molecule is CCCC(CCO)CNC(=O)[C@H]1Cc2ccccc2CN1. The molecule has 4 heteroatoms. The van der Waals surface area contributed by atoms with Crippen LogP contribution in [-0.4, -0.2) is 30.2 Å². The maximum absolute atomic E-state index is 12.3. The molecule has 2 rings (SSSR count). The minimum absolute atomic E-state index is 0.0727. The summed E-state index contributed by atoms with van der Waals surface area (Å²) in [5.41, 5.74) is 2.54. The number of amides is 1. The Bertz CT molecular complexity index is 456. The van der Waals surface area contributed by atoms with Crippen molar-refractivity contribution in [1.82, 2.24) is 10.6 Å². The van der Waals surface area contributed by atoms with Gasteiger partial charge in [-0.1, -0.05) is 37.6 Å². The fourth-order valence-electron chi connectivity index (χ4n) is 2.95. The first-order valence-corrected chi connectivity index (χ1v) is 7.93. The summed E-state index contributed by atoms with van der Waals surface area (Å²) in [6, 6.07) is 8.12. The average molecular weight is 290 g/mol. The molecule has 21 heavy (non-hydrogen) atoms. The average Bonchev–Trinajstić information content (AvgIpc) is 2.52. The first-order valence-electron chi connectivity index (χ1n) is 7.93. The van der Waals surface area contributed by atoms with Crippen LogP contribution in [0.4, 0.5) is 0 Å². The molecule has 1 unspecified atom stereocenters. The lowest BCUT2D eigenvalue weighted by atomic mass is 9.95. The highest BCUT2D eigenvalue weighted by molar-refractivity contribution is 5.82. The highest BCUT2D eigenvalue weighted by Crippen LogP contribution is 2.16. The van der Waals surface area contributed by atoms with Gasteiger partial charge in [-0.15, -0.1) is 0 Å². The fraction of sp³-hybridized carbons (Fsp3) is 0.588. The van der Waals surface area contributed by atoms with Crippen molar-refractivity contribution < 1.29 is 9.90 Å². The number of carbonyl (C=O) groups excluding carboxylic acids is 1. The van der Waals surface area contributed by atoms with Crippen LogP contribution in [0, 0.1) is 5.92 Å². The molecule has 0 saturated carbocycles. The molecule has 3 N–H and O–H groups in total. The van der Waals surface area contributed by atoms with Gasteiger partial charge < -0.3 is 15.7 Å². The molecule has 2 atom stereocenters. The van der Waals surface area contributed by atoms with E-state index in [1.807, 2.05) is 12.1 Å². The normalized spacial score (nSPS) is 18.9. The van der Waals surface area contributed by atoms with Crippen LogP contribution in [0.3, 0.4) is 0 Å². The zero-order chi connectivity index (χ0) is 15.1. The molecule has 1 aromatic carbocycles. The zero-order valence-corrected chi connectivity index (χ0v) is 12.8. The van der Waals surface area contributed by atoms with Crippen LogP contribution in [0.2, 0.25) is 0 Å². The van der Waals surface area contributed by atoms with E-state index in [0.29, 0.717) is 12.5 Å². The Labute approximate surface area is 126 Å². The lowest BCUT2D eigenvalue weighted by Crippen LogP contribution is -2.48. The van der Waals surface area contributed by atoms with E-state index < -0.39 is 0 Å². The van der Waals surface area contributed by atoms with E-state index in [-0.39, 0.29) is 18.6 Å². The summed E-state index contributed by atoms with van der Waals surface area (Å²) < 4.78 is 0. The predicted molar refractivity (Wildman–Crippen MR) is 83.9 cm³/mol. The molecule has 0 aromatic heterocycles. The van der Waals surface area contributed by atoms with E-state index in [2.05, 4.69) is 29.7 Å². The summed E-state index contributed by atoms with van der Waals surface area (Å²) in [5, 5.41) is 15.4. The molecule has 4 nitrogen and oxygen atoms in total. The monoisotopic (exact) mass is 290 g/mol. The first-order chi connectivity index (χ1) is 10.2. The molecule has 0 radical (unpaired) electrons. The van der Waals surface area contributed by atoms with Crippen LogP contribution in [0.25, 0.3) is 0 Å². The number of rotatable bonds is 7. The summed E-state index contributed by atoms with van der Waals surface area (Å²) in [6.45, 7) is 3.73. The van der Waals surface area contributed by atoms with Crippen molar-refractivity contribution in [3.63, 3.8) is 0 Å². The molecular formula is C17H26N2O2. The van der Waals surface area contributed by atoms with E-state index >= 15 is 0 Å². The van der Waals surface area contributed by atoms with Crippen LogP contribution in [0.15, 0.2) is 24.3 Å². The summed E-state index contributed by atoms with van der Waals surface area (Å²) in [7, 11) is 0. The lowest BCUT2D eigenvalue weighted by Gasteiger charge is -2.26. The Morgan fingerprint density at radius 1 is 1.38 bits per heavy atom. The van der Waals surface area contributed by atoms with Crippen LogP contribution in [0.1, 0.15) is 37.3 Å². The van der Waals surface area contributed by atoms with Gasteiger partial charge in [0.2, 0.25) is 5.91 Å². The zero-order valence-electron chi connectivity index (χ0n) is 12.8. The summed E-state index contributed by atoms with van der Waals surface area (Å²) >= 11 is 0. The van der Waals surface area contributed by atoms with Gasteiger partial charge in [0.1, 0.15) is 0 Å². The molecule has 1 amide bonds. The van der Waals surface area contributed by atoms with Crippen molar-refractivity contribution in [2.45, 2.75) is 45.2 Å². The van der Waals surface area contributed by atoms with Gasteiger partial charge in [0.25, 0.3) is 0 Å². The maximum atomic E-state index is 12.3. The van der Waals surface area contributed by atoms with Gasteiger partial charge in [0, 0.05) is 19.7 Å².